The molecule has 2 aromatic rings. The molecule has 1 aliphatic heterocycles. The molecular weight excluding hydrogens is 444 g/mol. The van der Waals surface area contributed by atoms with Crippen molar-refractivity contribution >= 4 is 34.8 Å². The van der Waals surface area contributed by atoms with Gasteiger partial charge in [0.15, 0.2) is 0 Å². The van der Waals surface area contributed by atoms with Crippen LogP contribution < -0.4 is 4.74 Å². The third-order valence-electron chi connectivity index (χ3n) is 5.78. The Hall–Kier alpha value is -2.05. The van der Waals surface area contributed by atoms with Crippen LogP contribution in [0.3, 0.4) is 0 Å². The number of carbonyl (C=O) groups excluding carboxylic acids is 2. The third kappa shape index (κ3) is 5.84. The summed E-state index contributed by atoms with van der Waals surface area (Å²) in [6.07, 6.45) is 1.28. The number of halogens is 1. The van der Waals surface area contributed by atoms with Crippen molar-refractivity contribution in [2.45, 2.75) is 59.5 Å². The quantitative estimate of drug-likeness (QED) is 0.505. The Kier molecular flexibility index (Phi) is 8.23. The molecule has 2 heterocycles. The van der Waals surface area contributed by atoms with E-state index in [4.69, 9.17) is 16.3 Å². The van der Waals surface area contributed by atoms with Crippen LogP contribution in [0, 0.1) is 12.8 Å². The molecular formula is C25H33ClN2O3S. The van der Waals surface area contributed by atoms with Gasteiger partial charge in [-0.3, -0.25) is 9.59 Å². The maximum atomic E-state index is 13.4. The number of amides is 2. The monoisotopic (exact) mass is 476 g/mol. The normalized spacial score (nSPS) is 15.8. The zero-order chi connectivity index (χ0) is 23.4. The lowest BCUT2D eigenvalue weighted by molar-refractivity contribution is -0.144. The lowest BCUT2D eigenvalue weighted by atomic mass is 10.00. The van der Waals surface area contributed by atoms with Crippen LogP contribution in [-0.4, -0.2) is 47.4 Å². The van der Waals surface area contributed by atoms with E-state index in [1.807, 2.05) is 57.7 Å². The summed E-state index contributed by atoms with van der Waals surface area (Å²) in [4.78, 5) is 31.0. The Morgan fingerprint density at radius 2 is 2.00 bits per heavy atom. The molecule has 7 heteroatoms. The summed E-state index contributed by atoms with van der Waals surface area (Å²) in [5, 5.41) is 2.77. The topological polar surface area (TPSA) is 49.9 Å². The lowest BCUT2D eigenvalue weighted by Crippen LogP contribution is -2.49. The predicted octanol–water partition coefficient (Wildman–Crippen LogP) is 5.50. The number of ether oxygens (including phenoxy) is 1. The second-order valence-electron chi connectivity index (χ2n) is 9.09. The highest BCUT2D eigenvalue weighted by molar-refractivity contribution is 7.10. The number of thiophene rings is 1. The second-order valence-corrected chi connectivity index (χ2v) is 10.5. The molecule has 0 unspecified atom stereocenters. The number of aryl methyl sites for hydroxylation is 1. The van der Waals surface area contributed by atoms with Crippen LogP contribution in [0.4, 0.5) is 0 Å². The van der Waals surface area contributed by atoms with Gasteiger partial charge in [0, 0.05) is 28.9 Å². The van der Waals surface area contributed by atoms with Gasteiger partial charge in [-0.15, -0.1) is 11.3 Å². The average molecular weight is 477 g/mol. The molecule has 1 aromatic carbocycles. The number of hydrogen-bond donors (Lipinski definition) is 0. The Morgan fingerprint density at radius 1 is 1.25 bits per heavy atom. The van der Waals surface area contributed by atoms with Gasteiger partial charge in [0.25, 0.3) is 0 Å². The van der Waals surface area contributed by atoms with Crippen LogP contribution in [0.5, 0.6) is 5.75 Å². The van der Waals surface area contributed by atoms with Gasteiger partial charge < -0.3 is 14.5 Å². The van der Waals surface area contributed by atoms with Crippen molar-refractivity contribution in [1.82, 2.24) is 9.80 Å². The van der Waals surface area contributed by atoms with E-state index < -0.39 is 0 Å². The van der Waals surface area contributed by atoms with Gasteiger partial charge in [-0.25, -0.2) is 0 Å². The first-order valence-corrected chi connectivity index (χ1v) is 12.5. The maximum absolute atomic E-state index is 13.4. The minimum absolute atomic E-state index is 0.0287. The highest BCUT2D eigenvalue weighted by atomic mass is 35.5. The summed E-state index contributed by atoms with van der Waals surface area (Å²) in [5.74, 6) is 0.985. The minimum atomic E-state index is -0.178. The van der Waals surface area contributed by atoms with Crippen LogP contribution in [0.1, 0.15) is 56.2 Å². The summed E-state index contributed by atoms with van der Waals surface area (Å²) in [5.41, 5.74) is 2.10. The molecule has 3 rings (SSSR count). The van der Waals surface area contributed by atoms with Gasteiger partial charge >= 0.3 is 0 Å². The first-order valence-electron chi connectivity index (χ1n) is 11.2. The molecule has 2 amide bonds. The zero-order valence-corrected chi connectivity index (χ0v) is 21.1. The smallest absolute Gasteiger partial charge is 0.242 e. The number of nitrogens with zero attached hydrogens (tertiary/aromatic N) is 2. The molecule has 1 atom stereocenters. The summed E-state index contributed by atoms with van der Waals surface area (Å²) >= 11 is 7.86. The molecule has 0 radical (unpaired) electrons. The van der Waals surface area contributed by atoms with Crippen molar-refractivity contribution in [3.63, 3.8) is 0 Å². The summed E-state index contributed by atoms with van der Waals surface area (Å²) in [7, 11) is 0. The Morgan fingerprint density at radius 3 is 2.66 bits per heavy atom. The Balaban J connectivity index is 1.77. The summed E-state index contributed by atoms with van der Waals surface area (Å²) in [6.45, 7) is 11.0. The van der Waals surface area contributed by atoms with Crippen LogP contribution in [0.2, 0.25) is 5.02 Å². The second kappa shape index (κ2) is 10.7. The van der Waals surface area contributed by atoms with Gasteiger partial charge in [-0.2, -0.15) is 0 Å². The van der Waals surface area contributed by atoms with Crippen molar-refractivity contribution in [2.75, 3.05) is 19.7 Å². The number of fused-ring (bicyclic) bond motifs is 1. The summed E-state index contributed by atoms with van der Waals surface area (Å²) < 4.78 is 6.11. The molecule has 1 aromatic heterocycles. The fraction of sp³-hybridized carbons (Fsp3) is 0.520. The predicted molar refractivity (Wildman–Crippen MR) is 130 cm³/mol. The maximum Gasteiger partial charge on any atom is 0.242 e. The van der Waals surface area contributed by atoms with Crippen LogP contribution in [0.25, 0.3) is 0 Å². The van der Waals surface area contributed by atoms with Crippen molar-refractivity contribution < 1.29 is 14.3 Å². The van der Waals surface area contributed by atoms with E-state index in [0.717, 1.165) is 23.3 Å². The average Bonchev–Trinajstić information content (AvgIpc) is 3.20. The number of hydrogen-bond acceptors (Lipinski definition) is 4. The SMILES string of the molecule is Cc1cc(OC[C@H]2c3ccsc3CCN2C(=O)CN(C(=O)CC(C)C)C(C)C)ccc1Cl. The molecule has 0 saturated heterocycles. The largest absolute Gasteiger partial charge is 0.491 e. The fourth-order valence-corrected chi connectivity index (χ4v) is 5.06. The molecule has 0 saturated carbocycles. The van der Waals surface area contributed by atoms with Gasteiger partial charge in [-0.1, -0.05) is 25.4 Å². The molecule has 0 bridgehead atoms. The molecule has 1 aliphatic rings. The number of benzene rings is 1. The summed E-state index contributed by atoms with van der Waals surface area (Å²) in [6, 6.07) is 7.47. The van der Waals surface area contributed by atoms with Crippen molar-refractivity contribution in [3.8, 4) is 5.75 Å². The molecule has 0 spiro atoms. The van der Waals surface area contributed by atoms with Gasteiger partial charge in [0.1, 0.15) is 12.4 Å². The standard InChI is InChI=1S/C25H33ClN2O3S/c1-16(2)12-24(29)28(17(3)4)14-25(30)27-10-8-23-20(9-11-32-23)22(27)15-31-19-6-7-21(26)18(5)13-19/h6-7,9,11,13,16-17,22H,8,10,12,14-15H2,1-5H3/t22-/m0/s1. The number of carbonyl (C=O) groups is 2. The Bertz CT molecular complexity index is 956. The van der Waals surface area contributed by atoms with Gasteiger partial charge in [0.2, 0.25) is 11.8 Å². The number of rotatable bonds is 8. The van der Waals surface area contributed by atoms with Gasteiger partial charge in [0.05, 0.1) is 12.6 Å². The van der Waals surface area contributed by atoms with E-state index in [1.165, 1.54) is 4.88 Å². The van der Waals surface area contributed by atoms with Crippen LogP contribution in [-0.2, 0) is 16.0 Å². The van der Waals surface area contributed by atoms with Crippen molar-refractivity contribution in [2.24, 2.45) is 5.92 Å². The third-order valence-corrected chi connectivity index (χ3v) is 7.21. The van der Waals surface area contributed by atoms with E-state index in [9.17, 15) is 9.59 Å². The van der Waals surface area contributed by atoms with E-state index in [0.29, 0.717) is 24.6 Å². The van der Waals surface area contributed by atoms with Crippen molar-refractivity contribution in [1.29, 1.82) is 0 Å². The first-order chi connectivity index (χ1) is 15.2. The van der Waals surface area contributed by atoms with E-state index in [-0.39, 0.29) is 36.4 Å². The van der Waals surface area contributed by atoms with Crippen LogP contribution >= 0.6 is 22.9 Å². The fourth-order valence-electron chi connectivity index (χ4n) is 4.02. The molecule has 0 aliphatic carbocycles. The molecule has 5 nitrogen and oxygen atoms in total. The molecule has 0 N–H and O–H groups in total. The van der Waals surface area contributed by atoms with Gasteiger partial charge in [-0.05, 0) is 73.9 Å². The molecule has 0 fully saturated rings. The van der Waals surface area contributed by atoms with E-state index in [2.05, 4.69) is 11.4 Å². The molecule has 174 valence electrons. The zero-order valence-electron chi connectivity index (χ0n) is 19.6. The van der Waals surface area contributed by atoms with E-state index >= 15 is 0 Å². The lowest BCUT2D eigenvalue weighted by Gasteiger charge is -2.38. The van der Waals surface area contributed by atoms with Crippen molar-refractivity contribution in [3.05, 3.63) is 50.7 Å². The van der Waals surface area contributed by atoms with Crippen LogP contribution in [0.15, 0.2) is 29.6 Å². The molecule has 32 heavy (non-hydrogen) atoms. The highest BCUT2D eigenvalue weighted by Crippen LogP contribution is 2.34. The highest BCUT2D eigenvalue weighted by Gasteiger charge is 2.34. The first kappa shape index (κ1) is 24.6. The Labute approximate surface area is 200 Å². The minimum Gasteiger partial charge on any atom is -0.491 e. The van der Waals surface area contributed by atoms with E-state index in [1.54, 1.807) is 16.2 Å².